The second-order valence-electron chi connectivity index (χ2n) is 5.53. The Labute approximate surface area is 102 Å². The Hall–Kier alpha value is -0.0200. The highest BCUT2D eigenvalue weighted by Gasteiger charge is 2.26. The van der Waals surface area contributed by atoms with Gasteiger partial charge in [0.25, 0.3) is 0 Å². The van der Waals surface area contributed by atoms with Gasteiger partial charge in [0.2, 0.25) is 0 Å². The molecule has 0 spiro atoms. The fraction of sp³-hybridized carbons (Fsp3) is 0.923. The third-order valence-corrected chi connectivity index (χ3v) is 6.52. The second-order valence-corrected chi connectivity index (χ2v) is 8.31. The molecule has 2 rings (SSSR count). The molecule has 0 aromatic carbocycles. The van der Waals surface area contributed by atoms with Crippen molar-refractivity contribution in [3.63, 3.8) is 0 Å². The van der Waals surface area contributed by atoms with Gasteiger partial charge in [0.05, 0.1) is 0 Å². The predicted molar refractivity (Wildman–Crippen MR) is 74.0 cm³/mol. The summed E-state index contributed by atoms with van der Waals surface area (Å²) in [6.07, 6.45) is 2.50. The quantitative estimate of drug-likeness (QED) is 0.649. The first-order valence-electron chi connectivity index (χ1n) is 6.54. The van der Waals surface area contributed by atoms with E-state index in [-0.39, 0.29) is 10.9 Å². The summed E-state index contributed by atoms with van der Waals surface area (Å²) in [6, 6.07) is 0. The number of hydrogen-bond acceptors (Lipinski definition) is 2. The Bertz CT molecular complexity index is 267. The predicted octanol–water partition coefficient (Wildman–Crippen LogP) is 2.87. The molecule has 1 fully saturated rings. The van der Waals surface area contributed by atoms with Crippen LogP contribution in [0.5, 0.6) is 0 Å². The lowest BCUT2D eigenvalue weighted by Gasteiger charge is -2.30. The smallest absolute Gasteiger partial charge is 0.0495 e. The maximum absolute atomic E-state index is 5.78. The van der Waals surface area contributed by atoms with E-state index in [1.54, 1.807) is 5.04 Å². The zero-order valence-electron chi connectivity index (χ0n) is 10.8. The molecule has 2 nitrogen and oxygen atoms in total. The summed E-state index contributed by atoms with van der Waals surface area (Å²) < 4.78 is 5.78. The van der Waals surface area contributed by atoms with Gasteiger partial charge in [-0.2, -0.15) is 0 Å². The summed E-state index contributed by atoms with van der Waals surface area (Å²) in [5, 5.41) is 2.40. The van der Waals surface area contributed by atoms with Crippen LogP contribution < -0.4 is 0 Å². The minimum atomic E-state index is 0.0878. The molecule has 0 aromatic rings. The van der Waals surface area contributed by atoms with Crippen molar-refractivity contribution in [2.24, 2.45) is 16.8 Å². The van der Waals surface area contributed by atoms with Crippen LogP contribution in [-0.4, -0.2) is 35.8 Å². The summed E-state index contributed by atoms with van der Waals surface area (Å²) in [6.45, 7) is 10.0. The zero-order chi connectivity index (χ0) is 11.5. The molecule has 3 heteroatoms. The van der Waals surface area contributed by atoms with Crippen molar-refractivity contribution in [1.29, 1.82) is 0 Å². The van der Waals surface area contributed by atoms with E-state index in [0.717, 1.165) is 25.0 Å². The molecule has 0 saturated carbocycles. The third kappa shape index (κ3) is 3.01. The van der Waals surface area contributed by atoms with E-state index < -0.39 is 0 Å². The van der Waals surface area contributed by atoms with Gasteiger partial charge in [-0.1, -0.05) is 20.8 Å². The number of thiol groups is 1. The molecule has 94 valence electrons. The molecule has 0 bridgehead atoms. The molecule has 0 N–H and O–H groups in total. The van der Waals surface area contributed by atoms with Crippen LogP contribution >= 0.6 is 10.9 Å². The van der Waals surface area contributed by atoms with E-state index in [2.05, 4.69) is 20.8 Å². The van der Waals surface area contributed by atoms with E-state index in [0.29, 0.717) is 11.8 Å². The minimum Gasteiger partial charge on any atom is -0.381 e. The second kappa shape index (κ2) is 5.54. The largest absolute Gasteiger partial charge is 0.381 e. The number of nitrogens with zero attached hydrogens (tertiary/aromatic N) is 1. The molecule has 2 aliphatic heterocycles. The van der Waals surface area contributed by atoms with Crippen molar-refractivity contribution in [2.75, 3.05) is 25.5 Å². The lowest BCUT2D eigenvalue weighted by molar-refractivity contribution is 0.0792. The molecule has 0 aliphatic carbocycles. The first-order chi connectivity index (χ1) is 7.66. The van der Waals surface area contributed by atoms with Gasteiger partial charge in [-0.25, -0.2) is 10.9 Å². The van der Waals surface area contributed by atoms with Crippen LogP contribution in [0, 0.1) is 11.8 Å². The number of hydrogen-bond donors (Lipinski definition) is 1. The molecular weight excluding hydrogens is 218 g/mol. The summed E-state index contributed by atoms with van der Waals surface area (Å²) in [5.74, 6) is 2.72. The van der Waals surface area contributed by atoms with Gasteiger partial charge in [0.15, 0.2) is 0 Å². The Balaban J connectivity index is 2.06. The number of ether oxygens (including phenoxy) is 1. The molecule has 4 unspecified atom stereocenters. The van der Waals surface area contributed by atoms with Gasteiger partial charge in [-0.3, -0.25) is 4.99 Å². The maximum Gasteiger partial charge on any atom is 0.0495 e. The lowest BCUT2D eigenvalue weighted by atomic mass is 10.1. The van der Waals surface area contributed by atoms with Gasteiger partial charge in [-0.15, -0.1) is 0 Å². The molecule has 0 aromatic heterocycles. The van der Waals surface area contributed by atoms with Crippen LogP contribution in [0.15, 0.2) is 4.99 Å². The fourth-order valence-corrected chi connectivity index (χ4v) is 5.75. The fourth-order valence-electron chi connectivity index (χ4n) is 2.78. The first-order valence-corrected chi connectivity index (χ1v) is 8.14. The molecule has 1 saturated heterocycles. The van der Waals surface area contributed by atoms with Gasteiger partial charge in [0, 0.05) is 24.8 Å². The number of rotatable bonds is 0. The summed E-state index contributed by atoms with van der Waals surface area (Å²) >= 11 is 0. The maximum atomic E-state index is 5.78. The Morgan fingerprint density at radius 3 is 2.75 bits per heavy atom. The van der Waals surface area contributed by atoms with Crippen molar-refractivity contribution in [3.8, 4) is 0 Å². The molecule has 0 radical (unpaired) electrons. The van der Waals surface area contributed by atoms with Crippen LogP contribution in [0.2, 0.25) is 0 Å². The van der Waals surface area contributed by atoms with E-state index in [9.17, 15) is 0 Å². The van der Waals surface area contributed by atoms with Crippen molar-refractivity contribution >= 4 is 15.9 Å². The Morgan fingerprint density at radius 2 is 1.94 bits per heavy atom. The van der Waals surface area contributed by atoms with E-state index in [1.165, 1.54) is 18.6 Å². The lowest BCUT2D eigenvalue weighted by Crippen LogP contribution is -2.22. The van der Waals surface area contributed by atoms with Crippen molar-refractivity contribution in [1.82, 2.24) is 0 Å². The average molecular weight is 243 g/mol. The van der Waals surface area contributed by atoms with Crippen LogP contribution in [0.4, 0.5) is 0 Å². The Morgan fingerprint density at radius 1 is 1.19 bits per heavy atom. The summed E-state index contributed by atoms with van der Waals surface area (Å²) in [4.78, 5) is 4.75. The molecule has 0 amide bonds. The number of aliphatic imine (C=N–C) groups is 1. The Kier molecular flexibility index (Phi) is 4.31. The van der Waals surface area contributed by atoms with Gasteiger partial charge in [0.1, 0.15) is 0 Å². The van der Waals surface area contributed by atoms with Crippen LogP contribution in [0.25, 0.3) is 0 Å². The van der Waals surface area contributed by atoms with Crippen LogP contribution in [0.1, 0.15) is 33.6 Å². The van der Waals surface area contributed by atoms with Crippen molar-refractivity contribution < 1.29 is 4.74 Å². The highest BCUT2D eigenvalue weighted by atomic mass is 32.2. The average Bonchev–Trinajstić information content (AvgIpc) is 2.64. The molecule has 2 heterocycles. The van der Waals surface area contributed by atoms with E-state index in [1.807, 2.05) is 0 Å². The zero-order valence-corrected chi connectivity index (χ0v) is 11.7. The topological polar surface area (TPSA) is 21.6 Å². The van der Waals surface area contributed by atoms with Crippen LogP contribution in [0.3, 0.4) is 0 Å². The van der Waals surface area contributed by atoms with Crippen molar-refractivity contribution in [3.05, 3.63) is 0 Å². The molecule has 4 atom stereocenters. The first kappa shape index (κ1) is 12.4. The third-order valence-electron chi connectivity index (χ3n) is 3.58. The molecule has 2 aliphatic rings. The van der Waals surface area contributed by atoms with Crippen LogP contribution in [-0.2, 0) is 4.74 Å². The highest BCUT2D eigenvalue weighted by Crippen LogP contribution is 2.42. The SMILES string of the molecule is CC1COCC(C)CC(C)[SH]2CCN=C2C1. The van der Waals surface area contributed by atoms with Gasteiger partial charge >= 0.3 is 0 Å². The minimum absolute atomic E-state index is 0.0878. The monoisotopic (exact) mass is 243 g/mol. The van der Waals surface area contributed by atoms with E-state index >= 15 is 0 Å². The van der Waals surface area contributed by atoms with Gasteiger partial charge < -0.3 is 4.74 Å². The standard InChI is InChI=1S/C13H25NOS/c1-10-6-12(3)16-5-4-14-13(16)7-11(2)9-15-8-10/h10-12,16H,4-9H2,1-3H3. The van der Waals surface area contributed by atoms with Crippen molar-refractivity contribution in [2.45, 2.75) is 38.9 Å². The number of fused-ring (bicyclic) bond motifs is 1. The van der Waals surface area contributed by atoms with E-state index in [4.69, 9.17) is 9.73 Å². The molecular formula is C13H25NOS. The van der Waals surface area contributed by atoms with Gasteiger partial charge in [-0.05, 0) is 35.7 Å². The molecule has 16 heavy (non-hydrogen) atoms. The highest BCUT2D eigenvalue weighted by molar-refractivity contribution is 8.30. The summed E-state index contributed by atoms with van der Waals surface area (Å²) in [7, 11) is 0.0878. The summed E-state index contributed by atoms with van der Waals surface area (Å²) in [5.41, 5.74) is 0. The normalized spacial score (nSPS) is 43.6.